The number of methoxy groups -OCH3 is 1. The van der Waals surface area contributed by atoms with Gasteiger partial charge in [-0.05, 0) is 75.5 Å². The van der Waals surface area contributed by atoms with Gasteiger partial charge in [0.25, 0.3) is 0 Å². The van der Waals surface area contributed by atoms with E-state index in [-0.39, 0.29) is 18.2 Å². The average molecular weight is 441 g/mol. The molecule has 166 valence electrons. The van der Waals surface area contributed by atoms with Crippen LogP contribution in [0.2, 0.25) is 0 Å². The zero-order chi connectivity index (χ0) is 21.1. The highest BCUT2D eigenvalue weighted by Gasteiger charge is 2.25. The van der Waals surface area contributed by atoms with Crippen molar-refractivity contribution >= 4 is 29.1 Å². The quantitative estimate of drug-likeness (QED) is 0.440. The topological polar surface area (TPSA) is 34.5 Å². The first-order chi connectivity index (χ1) is 14.6. The Labute approximate surface area is 191 Å². The van der Waals surface area contributed by atoms with Gasteiger partial charge in [0.05, 0.1) is 12.7 Å². The van der Waals surface area contributed by atoms with Crippen LogP contribution in [-0.2, 0) is 6.54 Å². The number of halogens is 1. The van der Waals surface area contributed by atoms with Crippen molar-refractivity contribution in [1.29, 1.82) is 0 Å². The Morgan fingerprint density at radius 2 is 1.87 bits per heavy atom. The minimum Gasteiger partial charge on any atom is -0.497 e. The molecule has 1 aromatic heterocycles. The minimum absolute atomic E-state index is 0. The number of aromatic nitrogens is 1. The van der Waals surface area contributed by atoms with Crippen molar-refractivity contribution in [2.75, 3.05) is 26.7 Å². The Balaban J connectivity index is 0.00000272. The van der Waals surface area contributed by atoms with Crippen LogP contribution in [0.1, 0.15) is 47.8 Å². The molecule has 0 bridgehead atoms. The molecule has 0 N–H and O–H groups in total. The van der Waals surface area contributed by atoms with Crippen LogP contribution >= 0.6 is 12.4 Å². The Morgan fingerprint density at radius 1 is 1.13 bits per heavy atom. The molecule has 2 heterocycles. The van der Waals surface area contributed by atoms with Crippen LogP contribution in [0.25, 0.3) is 10.9 Å². The summed E-state index contributed by atoms with van der Waals surface area (Å²) in [7, 11) is 1.64. The third kappa shape index (κ3) is 4.81. The third-order valence-corrected chi connectivity index (χ3v) is 6.39. The minimum atomic E-state index is 0. The number of carbonyl (C=O) groups excluding carboxylic acids is 1. The number of benzene rings is 2. The summed E-state index contributed by atoms with van der Waals surface area (Å²) in [6, 6.07) is 15.8. The third-order valence-electron chi connectivity index (χ3n) is 6.39. The summed E-state index contributed by atoms with van der Waals surface area (Å²) < 4.78 is 7.62. The molecule has 5 heteroatoms. The van der Waals surface area contributed by atoms with Crippen molar-refractivity contribution in [2.24, 2.45) is 5.92 Å². The highest BCUT2D eigenvalue weighted by atomic mass is 35.5. The van der Waals surface area contributed by atoms with E-state index in [1.807, 2.05) is 30.3 Å². The van der Waals surface area contributed by atoms with Crippen LogP contribution in [-0.4, -0.2) is 42.0 Å². The molecule has 0 spiro atoms. The second-order valence-electron chi connectivity index (χ2n) is 8.45. The van der Waals surface area contributed by atoms with E-state index < -0.39 is 0 Å². The number of likely N-dealkylation sites (tertiary alicyclic amines) is 1. The van der Waals surface area contributed by atoms with Crippen molar-refractivity contribution < 1.29 is 9.53 Å². The number of carbonyl (C=O) groups is 1. The number of ether oxygens (including phenoxy) is 1. The molecule has 1 aliphatic heterocycles. The second kappa shape index (κ2) is 10.3. The van der Waals surface area contributed by atoms with E-state index in [9.17, 15) is 4.79 Å². The lowest BCUT2D eigenvalue weighted by Gasteiger charge is -2.33. The summed E-state index contributed by atoms with van der Waals surface area (Å²) >= 11 is 0. The maximum Gasteiger partial charge on any atom is 0.195 e. The van der Waals surface area contributed by atoms with E-state index in [2.05, 4.69) is 41.5 Å². The molecule has 4 nitrogen and oxygen atoms in total. The lowest BCUT2D eigenvalue weighted by molar-refractivity contribution is 0.103. The molecular formula is C26H33ClN2O2. The average Bonchev–Trinajstić information content (AvgIpc) is 3.05. The lowest BCUT2D eigenvalue weighted by atomic mass is 9.97. The number of fused-ring (bicyclic) bond motifs is 1. The maximum atomic E-state index is 13.5. The molecule has 0 saturated carbocycles. The zero-order valence-corrected chi connectivity index (χ0v) is 19.6. The molecule has 2 aromatic carbocycles. The number of nitrogens with zero attached hydrogens (tertiary/aromatic N) is 2. The van der Waals surface area contributed by atoms with Gasteiger partial charge in [-0.25, -0.2) is 0 Å². The summed E-state index contributed by atoms with van der Waals surface area (Å²) in [5, 5.41) is 1.05. The van der Waals surface area contributed by atoms with Gasteiger partial charge in [-0.15, -0.1) is 12.4 Å². The molecule has 1 atom stereocenters. The van der Waals surface area contributed by atoms with Crippen molar-refractivity contribution in [2.45, 2.75) is 39.7 Å². The fourth-order valence-electron chi connectivity index (χ4n) is 4.92. The van der Waals surface area contributed by atoms with Crippen LogP contribution in [0.4, 0.5) is 0 Å². The first-order valence-corrected chi connectivity index (χ1v) is 11.1. The Morgan fingerprint density at radius 3 is 2.58 bits per heavy atom. The Kier molecular flexibility index (Phi) is 7.79. The number of hydrogen-bond donors (Lipinski definition) is 0. The predicted molar refractivity (Wildman–Crippen MR) is 130 cm³/mol. The van der Waals surface area contributed by atoms with Gasteiger partial charge in [0.1, 0.15) is 5.75 Å². The van der Waals surface area contributed by atoms with Gasteiger partial charge in [0.2, 0.25) is 0 Å². The predicted octanol–water partition coefficient (Wildman–Crippen LogP) is 5.73. The Bertz CT molecular complexity index is 1020. The molecule has 0 aliphatic carbocycles. The lowest BCUT2D eigenvalue weighted by Crippen LogP contribution is -2.37. The van der Waals surface area contributed by atoms with Gasteiger partial charge >= 0.3 is 0 Å². The first kappa shape index (κ1) is 23.4. The van der Waals surface area contributed by atoms with E-state index in [1.54, 1.807) is 7.11 Å². The van der Waals surface area contributed by atoms with E-state index in [0.717, 1.165) is 35.5 Å². The fourth-order valence-corrected chi connectivity index (χ4v) is 4.92. The molecule has 1 aliphatic rings. The second-order valence-corrected chi connectivity index (χ2v) is 8.45. The van der Waals surface area contributed by atoms with Gasteiger partial charge in [-0.1, -0.05) is 25.1 Å². The normalized spacial score (nSPS) is 16.8. The highest BCUT2D eigenvalue weighted by Crippen LogP contribution is 2.30. The monoisotopic (exact) mass is 440 g/mol. The van der Waals surface area contributed by atoms with Gasteiger partial charge in [-0.3, -0.25) is 4.79 Å². The summed E-state index contributed by atoms with van der Waals surface area (Å²) in [6.45, 7) is 8.89. The molecule has 0 radical (unpaired) electrons. The van der Waals surface area contributed by atoms with Crippen LogP contribution in [0.15, 0.2) is 48.5 Å². The van der Waals surface area contributed by atoms with E-state index in [0.29, 0.717) is 11.5 Å². The number of piperidine rings is 1. The molecule has 1 saturated heterocycles. The van der Waals surface area contributed by atoms with Crippen molar-refractivity contribution in [3.63, 3.8) is 0 Å². The SMILES string of the molecule is CCCN1CCCC(Cn2c(C)c(C(=O)c3ccc(OC)cc3)c3ccccc32)C1.Cl. The number of rotatable bonds is 7. The van der Waals surface area contributed by atoms with E-state index >= 15 is 0 Å². The Hall–Kier alpha value is -2.30. The van der Waals surface area contributed by atoms with Crippen molar-refractivity contribution in [1.82, 2.24) is 9.47 Å². The van der Waals surface area contributed by atoms with Crippen molar-refractivity contribution in [3.05, 3.63) is 65.4 Å². The van der Waals surface area contributed by atoms with E-state index in [4.69, 9.17) is 4.74 Å². The molecule has 1 unspecified atom stereocenters. The fraction of sp³-hybridized carbons (Fsp3) is 0.423. The molecular weight excluding hydrogens is 408 g/mol. The van der Waals surface area contributed by atoms with Crippen LogP contribution < -0.4 is 4.74 Å². The summed E-state index contributed by atoms with van der Waals surface area (Å²) in [4.78, 5) is 16.1. The molecule has 4 rings (SSSR count). The summed E-state index contributed by atoms with van der Waals surface area (Å²) in [6.07, 6.45) is 3.73. The molecule has 3 aromatic rings. The van der Waals surface area contributed by atoms with Crippen molar-refractivity contribution in [3.8, 4) is 5.75 Å². The smallest absolute Gasteiger partial charge is 0.195 e. The van der Waals surface area contributed by atoms with Crippen LogP contribution in [0.5, 0.6) is 5.75 Å². The number of para-hydroxylation sites is 1. The van der Waals surface area contributed by atoms with Gasteiger partial charge in [0, 0.05) is 35.2 Å². The summed E-state index contributed by atoms with van der Waals surface area (Å²) in [5.41, 5.74) is 3.77. The highest BCUT2D eigenvalue weighted by molar-refractivity contribution is 6.17. The number of hydrogen-bond acceptors (Lipinski definition) is 3. The van der Waals surface area contributed by atoms with Crippen LogP contribution in [0, 0.1) is 12.8 Å². The van der Waals surface area contributed by atoms with Gasteiger partial charge in [-0.2, -0.15) is 0 Å². The molecule has 1 fully saturated rings. The maximum absolute atomic E-state index is 13.5. The molecule has 0 amide bonds. The largest absolute Gasteiger partial charge is 0.497 e. The van der Waals surface area contributed by atoms with E-state index in [1.165, 1.54) is 37.9 Å². The molecule has 31 heavy (non-hydrogen) atoms. The zero-order valence-electron chi connectivity index (χ0n) is 18.8. The van der Waals surface area contributed by atoms with Crippen LogP contribution in [0.3, 0.4) is 0 Å². The van der Waals surface area contributed by atoms with Gasteiger partial charge in [0.15, 0.2) is 5.78 Å². The standard InChI is InChI=1S/C26H32N2O2.ClH/c1-4-15-27-16-7-8-20(17-27)18-28-19(2)25(23-9-5-6-10-24(23)28)26(29)21-11-13-22(30-3)14-12-21;/h5-6,9-14,20H,4,7-8,15-18H2,1-3H3;1H. The van der Waals surface area contributed by atoms with Gasteiger partial charge < -0.3 is 14.2 Å². The first-order valence-electron chi connectivity index (χ1n) is 11.1. The number of ketones is 1. The summed E-state index contributed by atoms with van der Waals surface area (Å²) in [5.74, 6) is 1.48.